The minimum absolute atomic E-state index is 0.0688. The van der Waals surface area contributed by atoms with Crippen molar-refractivity contribution in [1.82, 2.24) is 24.1 Å². The van der Waals surface area contributed by atoms with Crippen molar-refractivity contribution in [2.75, 3.05) is 30.4 Å². The van der Waals surface area contributed by atoms with E-state index >= 15 is 4.39 Å². The Hall–Kier alpha value is -4.22. The van der Waals surface area contributed by atoms with Crippen molar-refractivity contribution in [3.05, 3.63) is 53.9 Å². The van der Waals surface area contributed by atoms with Gasteiger partial charge in [-0.25, -0.2) is 18.6 Å². The van der Waals surface area contributed by atoms with Crippen LogP contribution in [0, 0.1) is 12.7 Å². The number of halogens is 2. The van der Waals surface area contributed by atoms with E-state index in [1.54, 1.807) is 63.1 Å². The largest absolute Gasteiger partial charge is 0.444 e. The van der Waals surface area contributed by atoms with Gasteiger partial charge in [0.15, 0.2) is 11.5 Å². The topological polar surface area (TPSA) is 97.0 Å². The molecule has 5 rings (SSSR count). The fourth-order valence-corrected chi connectivity index (χ4v) is 5.11. The Bertz CT molecular complexity index is 1610. The molecule has 0 bridgehead atoms. The minimum Gasteiger partial charge on any atom is -0.444 e. The first-order valence-corrected chi connectivity index (χ1v) is 13.2. The van der Waals surface area contributed by atoms with E-state index in [4.69, 9.17) is 4.74 Å². The molecule has 4 heterocycles. The van der Waals surface area contributed by atoms with Gasteiger partial charge in [0.2, 0.25) is 0 Å². The molecule has 2 atom stereocenters. The third-order valence-electron chi connectivity index (χ3n) is 6.95. The molecule has 1 saturated heterocycles. The van der Waals surface area contributed by atoms with Gasteiger partial charge in [-0.1, -0.05) is 0 Å². The van der Waals surface area contributed by atoms with Crippen molar-refractivity contribution >= 4 is 39.9 Å². The Kier molecular flexibility index (Phi) is 6.89. The fraction of sp³-hybridized carbons (Fsp3) is 0.429. The molecule has 0 saturated carbocycles. The van der Waals surface area contributed by atoms with Crippen molar-refractivity contribution in [3.63, 3.8) is 0 Å². The standard InChI is InChI=1S/C28H33F2N7O3/c1-7-37-24-18(26(38)33-17-10-20(29)25-32-16(2)12-36(25)13-17)8-9-22(19(24)11-31-37)35-14-21(30)23(15-35)34(6)27(39)40-28(3,4)5/h8-13,21,23H,7,14-15H2,1-6H3,(H,33,38)/t21-,23-/m1/s1. The van der Waals surface area contributed by atoms with Crippen LogP contribution in [0.25, 0.3) is 16.6 Å². The lowest BCUT2D eigenvalue weighted by atomic mass is 10.1. The number of carbonyl (C=O) groups is 2. The molecule has 12 heteroatoms. The van der Waals surface area contributed by atoms with Gasteiger partial charge in [-0.15, -0.1) is 0 Å². The zero-order valence-corrected chi connectivity index (χ0v) is 23.4. The first kappa shape index (κ1) is 27.4. The molecular formula is C28H33F2N7O3. The molecule has 0 radical (unpaired) electrons. The molecule has 1 aliphatic rings. The number of hydrogen-bond donors (Lipinski definition) is 1. The van der Waals surface area contributed by atoms with Crippen LogP contribution in [0.3, 0.4) is 0 Å². The quantitative estimate of drug-likeness (QED) is 0.382. The van der Waals surface area contributed by atoms with Crippen molar-refractivity contribution in [2.45, 2.75) is 59.0 Å². The van der Waals surface area contributed by atoms with E-state index in [1.165, 1.54) is 22.4 Å². The van der Waals surface area contributed by atoms with Gasteiger partial charge in [-0.3, -0.25) is 9.48 Å². The summed E-state index contributed by atoms with van der Waals surface area (Å²) in [5.41, 5.74) is 2.05. The minimum atomic E-state index is -1.30. The Morgan fingerprint density at radius 3 is 2.67 bits per heavy atom. The van der Waals surface area contributed by atoms with Crippen LogP contribution in [0.15, 0.2) is 36.8 Å². The van der Waals surface area contributed by atoms with E-state index < -0.39 is 35.6 Å². The number of fused-ring (bicyclic) bond motifs is 2. The Balaban J connectivity index is 1.43. The van der Waals surface area contributed by atoms with E-state index in [0.29, 0.717) is 34.4 Å². The molecule has 2 amide bonds. The second-order valence-corrected chi connectivity index (χ2v) is 11.1. The summed E-state index contributed by atoms with van der Waals surface area (Å²) >= 11 is 0. The monoisotopic (exact) mass is 553 g/mol. The van der Waals surface area contributed by atoms with E-state index in [0.717, 1.165) is 0 Å². The number of nitrogens with one attached hydrogen (secondary N) is 1. The molecular weight excluding hydrogens is 520 g/mol. The predicted molar refractivity (Wildman–Crippen MR) is 148 cm³/mol. The second kappa shape index (κ2) is 10.1. The van der Waals surface area contributed by atoms with Crippen LogP contribution in [0.1, 0.15) is 43.7 Å². The summed E-state index contributed by atoms with van der Waals surface area (Å²) < 4.78 is 38.5. The highest BCUT2D eigenvalue weighted by atomic mass is 19.1. The van der Waals surface area contributed by atoms with Crippen LogP contribution in [-0.2, 0) is 11.3 Å². The SMILES string of the molecule is CCn1ncc2c(N3C[C@@H](F)[C@H](N(C)C(=O)OC(C)(C)C)C3)ccc(C(=O)Nc3cc(F)c4nc(C)cn4c3)c21. The Morgan fingerprint density at radius 2 is 1.98 bits per heavy atom. The maximum Gasteiger partial charge on any atom is 0.410 e. The lowest BCUT2D eigenvalue weighted by Gasteiger charge is -2.29. The third-order valence-corrected chi connectivity index (χ3v) is 6.95. The number of likely N-dealkylation sites (N-methyl/N-ethyl adjacent to an activating group) is 1. The van der Waals surface area contributed by atoms with E-state index in [1.807, 2.05) is 11.8 Å². The molecule has 4 aromatic rings. The number of aryl methyl sites for hydroxylation is 2. The third kappa shape index (κ3) is 5.05. The molecule has 0 aliphatic carbocycles. The van der Waals surface area contributed by atoms with E-state index in [-0.39, 0.29) is 24.4 Å². The Morgan fingerprint density at radius 1 is 1.23 bits per heavy atom. The van der Waals surface area contributed by atoms with Crippen LogP contribution in [0.2, 0.25) is 0 Å². The summed E-state index contributed by atoms with van der Waals surface area (Å²) in [5.74, 6) is -0.986. The molecule has 1 N–H and O–H groups in total. The van der Waals surface area contributed by atoms with Gasteiger partial charge in [0.1, 0.15) is 11.8 Å². The van der Waals surface area contributed by atoms with Gasteiger partial charge in [0.05, 0.1) is 41.2 Å². The van der Waals surface area contributed by atoms with Crippen LogP contribution >= 0.6 is 0 Å². The van der Waals surface area contributed by atoms with E-state index in [9.17, 15) is 14.0 Å². The summed E-state index contributed by atoms with van der Waals surface area (Å²) in [7, 11) is 1.54. The summed E-state index contributed by atoms with van der Waals surface area (Å²) in [4.78, 5) is 33.3. The Labute approximate surface area is 230 Å². The lowest BCUT2D eigenvalue weighted by molar-refractivity contribution is 0.0183. The summed E-state index contributed by atoms with van der Waals surface area (Å²) in [5, 5.41) is 7.91. The first-order chi connectivity index (χ1) is 18.9. The molecule has 212 valence electrons. The number of carbonyl (C=O) groups excluding carboxylic acids is 2. The van der Waals surface area contributed by atoms with Crippen molar-refractivity contribution < 1.29 is 23.1 Å². The number of imidazole rings is 1. The van der Waals surface area contributed by atoms with Crippen molar-refractivity contribution in [1.29, 1.82) is 0 Å². The maximum atomic E-state index is 15.2. The van der Waals surface area contributed by atoms with Gasteiger partial charge in [0, 0.05) is 49.7 Å². The fourth-order valence-electron chi connectivity index (χ4n) is 5.11. The van der Waals surface area contributed by atoms with Gasteiger partial charge < -0.3 is 24.3 Å². The second-order valence-electron chi connectivity index (χ2n) is 11.1. The predicted octanol–water partition coefficient (Wildman–Crippen LogP) is 4.80. The average molecular weight is 554 g/mol. The molecule has 0 spiro atoms. The highest BCUT2D eigenvalue weighted by molar-refractivity contribution is 6.14. The van der Waals surface area contributed by atoms with Gasteiger partial charge in [-0.05, 0) is 46.8 Å². The summed E-state index contributed by atoms with van der Waals surface area (Å²) in [6.07, 6.45) is 3.05. The van der Waals surface area contributed by atoms with Crippen LogP contribution in [0.4, 0.5) is 25.0 Å². The number of hydrogen-bond acceptors (Lipinski definition) is 6. The zero-order valence-electron chi connectivity index (χ0n) is 23.4. The molecule has 10 nitrogen and oxygen atoms in total. The van der Waals surface area contributed by atoms with Gasteiger partial charge >= 0.3 is 6.09 Å². The summed E-state index contributed by atoms with van der Waals surface area (Å²) in [6.45, 7) is 9.78. The molecule has 1 fully saturated rings. The number of amides is 2. The number of pyridine rings is 1. The highest BCUT2D eigenvalue weighted by Gasteiger charge is 2.39. The van der Waals surface area contributed by atoms with Crippen LogP contribution in [0.5, 0.6) is 0 Å². The van der Waals surface area contributed by atoms with Crippen LogP contribution < -0.4 is 10.2 Å². The first-order valence-electron chi connectivity index (χ1n) is 13.2. The molecule has 1 aromatic carbocycles. The number of rotatable bonds is 5. The molecule has 3 aromatic heterocycles. The van der Waals surface area contributed by atoms with Crippen molar-refractivity contribution in [2.24, 2.45) is 0 Å². The number of ether oxygens (including phenoxy) is 1. The van der Waals surface area contributed by atoms with E-state index in [2.05, 4.69) is 15.4 Å². The number of alkyl halides is 1. The highest BCUT2D eigenvalue weighted by Crippen LogP contribution is 2.34. The zero-order chi connectivity index (χ0) is 28.9. The van der Waals surface area contributed by atoms with Gasteiger partial charge in [-0.2, -0.15) is 5.10 Å². The molecule has 40 heavy (non-hydrogen) atoms. The molecule has 1 aliphatic heterocycles. The summed E-state index contributed by atoms with van der Waals surface area (Å²) in [6, 6.07) is 3.94. The lowest BCUT2D eigenvalue weighted by Crippen LogP contribution is -2.45. The average Bonchev–Trinajstić information content (AvgIpc) is 3.58. The number of anilines is 2. The smallest absolute Gasteiger partial charge is 0.410 e. The number of nitrogens with zero attached hydrogens (tertiary/aromatic N) is 6. The van der Waals surface area contributed by atoms with Crippen molar-refractivity contribution in [3.8, 4) is 0 Å². The number of aromatic nitrogens is 4. The maximum absolute atomic E-state index is 15.2. The van der Waals surface area contributed by atoms with Gasteiger partial charge in [0.25, 0.3) is 5.91 Å². The number of benzene rings is 1. The molecule has 0 unspecified atom stereocenters. The normalized spacial score (nSPS) is 17.6. The van der Waals surface area contributed by atoms with Crippen LogP contribution in [-0.4, -0.2) is 74.0 Å².